The number of aryl methyl sites for hydroxylation is 1. The second kappa shape index (κ2) is 16.4. The van der Waals surface area contributed by atoms with Gasteiger partial charge in [0, 0.05) is 22.3 Å². The molecule has 0 atom stereocenters. The minimum atomic E-state index is -0.0410. The van der Waals surface area contributed by atoms with Gasteiger partial charge in [-0.05, 0) is 103 Å². The van der Waals surface area contributed by atoms with E-state index in [9.17, 15) is 9.59 Å². The van der Waals surface area contributed by atoms with Crippen molar-refractivity contribution in [3.63, 3.8) is 0 Å². The molecule has 0 unspecified atom stereocenters. The number of ether oxygens (including phenoxy) is 2. The highest BCUT2D eigenvalue weighted by Gasteiger charge is 2.11. The molecule has 0 saturated carbocycles. The summed E-state index contributed by atoms with van der Waals surface area (Å²) in [5.41, 5.74) is 6.41. The Morgan fingerprint density at radius 2 is 0.673 bits per heavy atom. The first-order valence-electron chi connectivity index (χ1n) is 16.6. The highest BCUT2D eigenvalue weighted by molar-refractivity contribution is 6.09. The summed E-state index contributed by atoms with van der Waals surface area (Å²) < 4.78 is 11.8. The molecule has 0 aromatic heterocycles. The Bertz CT molecular complexity index is 1840. The van der Waals surface area contributed by atoms with E-state index in [1.807, 2.05) is 110 Å². The van der Waals surface area contributed by atoms with E-state index in [1.54, 1.807) is 24.3 Å². The molecule has 4 nitrogen and oxygen atoms in total. The molecule has 0 bridgehead atoms. The van der Waals surface area contributed by atoms with Crippen molar-refractivity contribution in [2.45, 2.75) is 46.5 Å². The van der Waals surface area contributed by atoms with Crippen LogP contribution in [0.25, 0.3) is 0 Å². The first-order valence-corrected chi connectivity index (χ1v) is 16.6. The lowest BCUT2D eigenvalue weighted by atomic mass is 10.0. The van der Waals surface area contributed by atoms with Crippen LogP contribution in [0.5, 0.6) is 23.0 Å². The molecule has 6 aromatic rings. The number of carbonyl (C=O) groups excluding carboxylic acids is 2. The zero-order chi connectivity index (χ0) is 34.8. The van der Waals surface area contributed by atoms with Crippen LogP contribution >= 0.6 is 0 Å². The van der Waals surface area contributed by atoms with E-state index in [1.165, 1.54) is 16.7 Å². The summed E-state index contributed by atoms with van der Waals surface area (Å²) in [6.45, 7) is 10.7. The quantitative estimate of drug-likeness (QED) is 0.139. The molecule has 49 heavy (non-hydrogen) atoms. The molecule has 0 radical (unpaired) electrons. The Labute approximate surface area is 290 Å². The fraction of sp³-hybridized carbons (Fsp3) is 0.156. The predicted octanol–water partition coefficient (Wildman–Crippen LogP) is 12.0. The predicted molar refractivity (Wildman–Crippen MR) is 199 cm³/mol. The lowest BCUT2D eigenvalue weighted by Gasteiger charge is -2.10. The zero-order valence-corrected chi connectivity index (χ0v) is 28.7. The van der Waals surface area contributed by atoms with E-state index in [4.69, 9.17) is 9.47 Å². The van der Waals surface area contributed by atoms with E-state index in [-0.39, 0.29) is 11.6 Å². The van der Waals surface area contributed by atoms with Crippen molar-refractivity contribution in [2.75, 3.05) is 0 Å². The Hall–Kier alpha value is -5.74. The Balaban J connectivity index is 0.000000259. The topological polar surface area (TPSA) is 52.6 Å². The molecule has 0 heterocycles. The lowest BCUT2D eigenvalue weighted by molar-refractivity contribution is 0.103. The van der Waals surface area contributed by atoms with Crippen molar-refractivity contribution >= 4 is 11.6 Å². The van der Waals surface area contributed by atoms with Crippen molar-refractivity contribution in [3.05, 3.63) is 191 Å². The van der Waals surface area contributed by atoms with Gasteiger partial charge in [0.2, 0.25) is 0 Å². The van der Waals surface area contributed by atoms with Crippen molar-refractivity contribution in [2.24, 2.45) is 0 Å². The molecule has 0 N–H and O–H groups in total. The van der Waals surface area contributed by atoms with Gasteiger partial charge in [-0.3, -0.25) is 9.59 Å². The molecule has 0 aliphatic rings. The zero-order valence-electron chi connectivity index (χ0n) is 28.7. The first-order chi connectivity index (χ1) is 23.7. The van der Waals surface area contributed by atoms with E-state index in [0.29, 0.717) is 34.5 Å². The summed E-state index contributed by atoms with van der Waals surface area (Å²) in [5, 5.41) is 0. The van der Waals surface area contributed by atoms with Gasteiger partial charge in [0.05, 0.1) is 0 Å². The maximum Gasteiger partial charge on any atom is 0.193 e. The maximum absolute atomic E-state index is 12.9. The molecule has 0 saturated heterocycles. The van der Waals surface area contributed by atoms with Crippen LogP contribution in [0.15, 0.2) is 152 Å². The molecule has 4 heteroatoms. The monoisotopic (exact) mass is 646 g/mol. The number of benzene rings is 6. The van der Waals surface area contributed by atoms with Crippen molar-refractivity contribution in [3.8, 4) is 23.0 Å². The molecule has 0 spiro atoms. The Morgan fingerprint density at radius 1 is 0.388 bits per heavy atom. The van der Waals surface area contributed by atoms with Crippen LogP contribution in [0.4, 0.5) is 0 Å². The maximum atomic E-state index is 12.9. The van der Waals surface area contributed by atoms with Crippen LogP contribution in [0.1, 0.15) is 88.1 Å². The number of ketones is 2. The standard InChI is InChI=1S/C31H30O3.C14H12O/c1-21(2)23-5-13-27(14-6-23)33-29-17-9-25(10-18-29)31(32)26-11-19-30(20-12-26)34-28-15-7-24(8-16-28)22(3)4;1-11-7-9-13(10-8-11)14(15)12-5-3-2-4-6-12/h5-22H,1-4H3;2-10H,1H3. The second-order valence-electron chi connectivity index (χ2n) is 12.6. The van der Waals surface area contributed by atoms with Crippen molar-refractivity contribution in [1.29, 1.82) is 0 Å². The Morgan fingerprint density at radius 3 is 1.00 bits per heavy atom. The molecule has 0 fully saturated rings. The first kappa shape index (κ1) is 34.6. The summed E-state index contributed by atoms with van der Waals surface area (Å²) in [5.74, 6) is 3.95. The molecule has 0 amide bonds. The SMILES string of the molecule is CC(C)c1ccc(Oc2ccc(C(=O)c3ccc(Oc4ccc(C(C)C)cc4)cc3)cc2)cc1.Cc1ccc(C(=O)c2ccccc2)cc1. The van der Waals surface area contributed by atoms with Crippen molar-refractivity contribution < 1.29 is 19.1 Å². The number of hydrogen-bond acceptors (Lipinski definition) is 4. The van der Waals surface area contributed by atoms with Crippen LogP contribution < -0.4 is 9.47 Å². The van der Waals surface area contributed by atoms with Gasteiger partial charge < -0.3 is 9.47 Å². The average Bonchev–Trinajstić information content (AvgIpc) is 3.13. The summed E-state index contributed by atoms with van der Waals surface area (Å²) in [6, 6.07) is 47.6. The minimum absolute atomic E-state index is 0.0410. The summed E-state index contributed by atoms with van der Waals surface area (Å²) in [7, 11) is 0. The minimum Gasteiger partial charge on any atom is -0.457 e. The van der Waals surface area contributed by atoms with Gasteiger partial charge in [-0.25, -0.2) is 0 Å². The summed E-state index contributed by atoms with van der Waals surface area (Å²) in [4.78, 5) is 24.9. The molecular weight excluding hydrogens is 604 g/mol. The summed E-state index contributed by atoms with van der Waals surface area (Å²) >= 11 is 0. The molecule has 246 valence electrons. The van der Waals surface area contributed by atoms with Gasteiger partial charge in [-0.15, -0.1) is 0 Å². The van der Waals surface area contributed by atoms with Crippen LogP contribution in [-0.4, -0.2) is 11.6 Å². The lowest BCUT2D eigenvalue weighted by Crippen LogP contribution is -2.01. The molecule has 6 rings (SSSR count). The van der Waals surface area contributed by atoms with Gasteiger partial charge in [-0.2, -0.15) is 0 Å². The number of hydrogen-bond donors (Lipinski definition) is 0. The summed E-state index contributed by atoms with van der Waals surface area (Å²) in [6.07, 6.45) is 0. The van der Waals surface area contributed by atoms with Crippen molar-refractivity contribution in [1.82, 2.24) is 0 Å². The van der Waals surface area contributed by atoms with E-state index in [0.717, 1.165) is 22.6 Å². The largest absolute Gasteiger partial charge is 0.457 e. The third kappa shape index (κ3) is 9.65. The van der Waals surface area contributed by atoms with Crippen LogP contribution in [0, 0.1) is 6.92 Å². The normalized spacial score (nSPS) is 10.7. The molecule has 0 aliphatic heterocycles. The average molecular weight is 647 g/mol. The van der Waals surface area contributed by atoms with Crippen LogP contribution in [0.3, 0.4) is 0 Å². The molecule has 6 aromatic carbocycles. The fourth-order valence-electron chi connectivity index (χ4n) is 5.09. The van der Waals surface area contributed by atoms with Crippen LogP contribution in [-0.2, 0) is 0 Å². The molecular formula is C45H42O4. The van der Waals surface area contributed by atoms with Gasteiger partial charge >= 0.3 is 0 Å². The third-order valence-electron chi connectivity index (χ3n) is 8.15. The number of carbonyl (C=O) groups is 2. The van der Waals surface area contributed by atoms with Crippen LogP contribution in [0.2, 0.25) is 0 Å². The van der Waals surface area contributed by atoms with Gasteiger partial charge in [0.15, 0.2) is 11.6 Å². The van der Waals surface area contributed by atoms with Gasteiger partial charge in [0.1, 0.15) is 23.0 Å². The second-order valence-corrected chi connectivity index (χ2v) is 12.6. The Kier molecular flexibility index (Phi) is 11.6. The fourth-order valence-corrected chi connectivity index (χ4v) is 5.09. The van der Waals surface area contributed by atoms with E-state index < -0.39 is 0 Å². The molecule has 0 aliphatic carbocycles. The smallest absolute Gasteiger partial charge is 0.193 e. The number of rotatable bonds is 10. The van der Waals surface area contributed by atoms with E-state index >= 15 is 0 Å². The van der Waals surface area contributed by atoms with Gasteiger partial charge in [0.25, 0.3) is 0 Å². The van der Waals surface area contributed by atoms with Gasteiger partial charge in [-0.1, -0.05) is 112 Å². The highest BCUT2D eigenvalue weighted by Crippen LogP contribution is 2.27. The highest BCUT2D eigenvalue weighted by atomic mass is 16.5. The van der Waals surface area contributed by atoms with E-state index in [2.05, 4.69) is 52.0 Å². The third-order valence-corrected chi connectivity index (χ3v) is 8.15.